The second-order valence-corrected chi connectivity index (χ2v) is 5.35. The predicted octanol–water partition coefficient (Wildman–Crippen LogP) is 2.92. The Morgan fingerprint density at radius 1 is 1.45 bits per heavy atom. The van der Waals surface area contributed by atoms with Crippen molar-refractivity contribution in [3.05, 3.63) is 51.0 Å². The van der Waals surface area contributed by atoms with Crippen LogP contribution >= 0.6 is 23.2 Å². The number of aromatic nitrogens is 2. The maximum atomic E-state index is 13.2. The maximum Gasteiger partial charge on any atom is 0.141 e. The molecule has 2 rings (SSSR count). The van der Waals surface area contributed by atoms with Crippen LogP contribution in [0.1, 0.15) is 23.0 Å². The summed E-state index contributed by atoms with van der Waals surface area (Å²) in [6.45, 7) is 1.84. The Bertz CT molecular complexity index is 627. The number of benzene rings is 1. The minimum Gasteiger partial charge on any atom is -0.271 e. The molecule has 1 aromatic heterocycles. The molecule has 1 heterocycles. The quantitative estimate of drug-likeness (QED) is 0.673. The smallest absolute Gasteiger partial charge is 0.141 e. The lowest BCUT2D eigenvalue weighted by molar-refractivity contribution is 0.528. The van der Waals surface area contributed by atoms with Crippen molar-refractivity contribution < 1.29 is 4.39 Å². The fourth-order valence-corrected chi connectivity index (χ4v) is 2.52. The van der Waals surface area contributed by atoms with Crippen molar-refractivity contribution in [2.45, 2.75) is 19.4 Å². The zero-order chi connectivity index (χ0) is 14.9. The van der Waals surface area contributed by atoms with E-state index in [2.05, 4.69) is 10.5 Å². The van der Waals surface area contributed by atoms with Gasteiger partial charge in [-0.15, -0.1) is 0 Å². The van der Waals surface area contributed by atoms with Crippen LogP contribution in [-0.2, 0) is 13.5 Å². The third-order valence-corrected chi connectivity index (χ3v) is 3.99. The Hall–Kier alpha value is -1.14. The number of halogens is 3. The van der Waals surface area contributed by atoms with Gasteiger partial charge in [-0.25, -0.2) is 4.39 Å². The zero-order valence-electron chi connectivity index (χ0n) is 11.1. The van der Waals surface area contributed by atoms with E-state index >= 15 is 0 Å². The van der Waals surface area contributed by atoms with E-state index in [1.807, 2.05) is 14.0 Å². The van der Waals surface area contributed by atoms with Crippen molar-refractivity contribution in [2.75, 3.05) is 0 Å². The van der Waals surface area contributed by atoms with Gasteiger partial charge in [-0.2, -0.15) is 5.10 Å². The first-order chi connectivity index (χ1) is 9.43. The SMILES string of the molecule is Cc1nn(C)c(CC(NN)c2ccc(F)c(Cl)c2)c1Cl. The Labute approximate surface area is 126 Å². The number of hydrogen-bond donors (Lipinski definition) is 2. The average molecular weight is 317 g/mol. The lowest BCUT2D eigenvalue weighted by Gasteiger charge is -2.17. The predicted molar refractivity (Wildman–Crippen MR) is 78.1 cm³/mol. The minimum atomic E-state index is -0.458. The van der Waals surface area contributed by atoms with E-state index in [-0.39, 0.29) is 11.1 Å². The van der Waals surface area contributed by atoms with E-state index in [1.165, 1.54) is 6.07 Å². The van der Waals surface area contributed by atoms with Gasteiger partial charge in [0.25, 0.3) is 0 Å². The van der Waals surface area contributed by atoms with E-state index in [0.29, 0.717) is 11.4 Å². The van der Waals surface area contributed by atoms with Crippen molar-refractivity contribution in [1.29, 1.82) is 0 Å². The highest BCUT2D eigenvalue weighted by Crippen LogP contribution is 2.27. The molecule has 0 saturated carbocycles. The van der Waals surface area contributed by atoms with Gasteiger partial charge in [-0.05, 0) is 24.6 Å². The number of nitrogens with zero attached hydrogens (tertiary/aromatic N) is 2. The molecule has 1 aromatic carbocycles. The molecular weight excluding hydrogens is 302 g/mol. The molecule has 0 aliphatic rings. The van der Waals surface area contributed by atoms with E-state index in [4.69, 9.17) is 29.0 Å². The third kappa shape index (κ3) is 2.96. The van der Waals surface area contributed by atoms with Crippen LogP contribution in [0.25, 0.3) is 0 Å². The molecule has 3 N–H and O–H groups in total. The van der Waals surface area contributed by atoms with Crippen molar-refractivity contribution in [1.82, 2.24) is 15.2 Å². The minimum absolute atomic E-state index is 0.0648. The topological polar surface area (TPSA) is 55.9 Å². The summed E-state index contributed by atoms with van der Waals surface area (Å²) >= 11 is 12.0. The molecular formula is C13H15Cl2FN4. The summed E-state index contributed by atoms with van der Waals surface area (Å²) in [6.07, 6.45) is 0.522. The van der Waals surface area contributed by atoms with E-state index in [1.54, 1.807) is 16.8 Å². The van der Waals surface area contributed by atoms with Gasteiger partial charge in [0.2, 0.25) is 0 Å². The Morgan fingerprint density at radius 3 is 2.65 bits per heavy atom. The normalized spacial score (nSPS) is 12.7. The van der Waals surface area contributed by atoms with Gasteiger partial charge in [0.15, 0.2) is 0 Å². The average Bonchev–Trinajstić information content (AvgIpc) is 2.65. The lowest BCUT2D eigenvalue weighted by Crippen LogP contribution is -2.30. The zero-order valence-corrected chi connectivity index (χ0v) is 12.6. The van der Waals surface area contributed by atoms with Crippen LogP contribution in [0.4, 0.5) is 4.39 Å². The monoisotopic (exact) mass is 316 g/mol. The molecule has 1 unspecified atom stereocenters. The molecule has 0 spiro atoms. The molecule has 0 bridgehead atoms. The van der Waals surface area contributed by atoms with E-state index in [9.17, 15) is 4.39 Å². The molecule has 0 radical (unpaired) electrons. The Kier molecular flexibility index (Phi) is 4.65. The molecule has 0 amide bonds. The number of hydrazine groups is 1. The fourth-order valence-electron chi connectivity index (χ4n) is 2.10. The molecule has 1 atom stereocenters. The van der Waals surface area contributed by atoms with Crippen molar-refractivity contribution in [3.8, 4) is 0 Å². The molecule has 2 aromatic rings. The molecule has 0 aliphatic heterocycles. The summed E-state index contributed by atoms with van der Waals surface area (Å²) < 4.78 is 14.9. The largest absolute Gasteiger partial charge is 0.271 e. The Balaban J connectivity index is 2.31. The van der Waals surface area contributed by atoms with E-state index < -0.39 is 5.82 Å². The summed E-state index contributed by atoms with van der Waals surface area (Å²) in [4.78, 5) is 0. The lowest BCUT2D eigenvalue weighted by atomic mass is 10.0. The van der Waals surface area contributed by atoms with Gasteiger partial charge in [0, 0.05) is 13.5 Å². The first-order valence-corrected chi connectivity index (χ1v) is 6.78. The molecule has 7 heteroatoms. The van der Waals surface area contributed by atoms with Crippen LogP contribution in [0, 0.1) is 12.7 Å². The fraction of sp³-hybridized carbons (Fsp3) is 0.308. The van der Waals surface area contributed by atoms with Crippen LogP contribution in [-0.4, -0.2) is 9.78 Å². The molecule has 20 heavy (non-hydrogen) atoms. The second kappa shape index (κ2) is 6.10. The van der Waals surface area contributed by atoms with Crippen LogP contribution in [0.5, 0.6) is 0 Å². The highest BCUT2D eigenvalue weighted by molar-refractivity contribution is 6.32. The summed E-state index contributed by atoms with van der Waals surface area (Å²) in [5.41, 5.74) is 5.10. The van der Waals surface area contributed by atoms with Crippen LogP contribution in [0.15, 0.2) is 18.2 Å². The summed E-state index contributed by atoms with van der Waals surface area (Å²) in [7, 11) is 1.82. The first kappa shape index (κ1) is 15.3. The van der Waals surface area contributed by atoms with Crippen LogP contribution < -0.4 is 11.3 Å². The van der Waals surface area contributed by atoms with Crippen molar-refractivity contribution in [2.24, 2.45) is 12.9 Å². The number of nitrogens with one attached hydrogen (secondary N) is 1. The highest BCUT2D eigenvalue weighted by Gasteiger charge is 2.18. The van der Waals surface area contributed by atoms with Crippen LogP contribution in [0.3, 0.4) is 0 Å². The van der Waals surface area contributed by atoms with Crippen molar-refractivity contribution in [3.63, 3.8) is 0 Å². The highest BCUT2D eigenvalue weighted by atomic mass is 35.5. The summed E-state index contributed by atoms with van der Waals surface area (Å²) in [5, 5.41) is 4.93. The van der Waals surface area contributed by atoms with Gasteiger partial charge >= 0.3 is 0 Å². The molecule has 108 valence electrons. The second-order valence-electron chi connectivity index (χ2n) is 4.57. The molecule has 0 fully saturated rings. The number of aryl methyl sites for hydroxylation is 2. The Morgan fingerprint density at radius 2 is 2.15 bits per heavy atom. The molecule has 0 aliphatic carbocycles. The standard InChI is InChI=1S/C13H15Cl2FN4/c1-7-13(15)12(20(2)19-7)6-11(18-17)8-3-4-10(16)9(14)5-8/h3-5,11,18H,6,17H2,1-2H3. The van der Waals surface area contributed by atoms with Gasteiger partial charge in [0.1, 0.15) is 5.82 Å². The van der Waals surface area contributed by atoms with Crippen molar-refractivity contribution >= 4 is 23.2 Å². The summed E-state index contributed by atoms with van der Waals surface area (Å²) in [6, 6.07) is 4.28. The number of rotatable bonds is 4. The number of nitrogens with two attached hydrogens (primary N) is 1. The van der Waals surface area contributed by atoms with Gasteiger partial charge < -0.3 is 0 Å². The van der Waals surface area contributed by atoms with Gasteiger partial charge in [0.05, 0.1) is 27.5 Å². The maximum absolute atomic E-state index is 13.2. The third-order valence-electron chi connectivity index (χ3n) is 3.21. The van der Waals surface area contributed by atoms with Gasteiger partial charge in [-0.3, -0.25) is 16.0 Å². The molecule has 4 nitrogen and oxygen atoms in total. The van der Waals surface area contributed by atoms with Gasteiger partial charge in [-0.1, -0.05) is 29.3 Å². The first-order valence-electron chi connectivity index (χ1n) is 6.03. The molecule has 0 saturated heterocycles. The van der Waals surface area contributed by atoms with E-state index in [0.717, 1.165) is 17.0 Å². The van der Waals surface area contributed by atoms with Crippen LogP contribution in [0.2, 0.25) is 10.0 Å². The summed E-state index contributed by atoms with van der Waals surface area (Å²) in [5.74, 6) is 5.13. The number of hydrogen-bond acceptors (Lipinski definition) is 3.